The van der Waals surface area contributed by atoms with Crippen molar-refractivity contribution in [2.75, 3.05) is 6.61 Å². The van der Waals surface area contributed by atoms with E-state index in [0.717, 1.165) is 0 Å². The summed E-state index contributed by atoms with van der Waals surface area (Å²) < 4.78 is 4.42. The normalized spacial score (nSPS) is 14.6. The molecular weight excluding hydrogens is 282 g/mol. The van der Waals surface area contributed by atoms with E-state index < -0.39 is 36.3 Å². The maximum Gasteiger partial charge on any atom is 0.414 e. The second kappa shape index (κ2) is 6.79. The van der Waals surface area contributed by atoms with Gasteiger partial charge in [0, 0.05) is 5.56 Å². The maximum absolute atomic E-state index is 11.7. The quantitative estimate of drug-likeness (QED) is 0.408. The number of amides is 2. The van der Waals surface area contributed by atoms with Crippen LogP contribution in [0.4, 0.5) is 4.79 Å². The molecular formula is C12H15N3O6. The monoisotopic (exact) mass is 297 g/mol. The largest absolute Gasteiger partial charge is 0.480 e. The Bertz CT molecular complexity index is 531. The molecule has 0 fully saturated rings. The number of hydrogen-bond donors (Lipinski definition) is 5. The van der Waals surface area contributed by atoms with E-state index in [1.807, 2.05) is 0 Å². The van der Waals surface area contributed by atoms with Crippen LogP contribution in [-0.2, 0) is 20.1 Å². The fourth-order valence-electron chi connectivity index (χ4n) is 1.28. The van der Waals surface area contributed by atoms with E-state index in [1.54, 1.807) is 23.5 Å². The van der Waals surface area contributed by atoms with Crippen LogP contribution in [-0.4, -0.2) is 40.8 Å². The fraction of sp³-hybridized carbons (Fsp3) is 0.250. The second-order valence-corrected chi connectivity index (χ2v) is 4.13. The molecule has 9 nitrogen and oxygen atoms in total. The first kappa shape index (κ1) is 16.6. The van der Waals surface area contributed by atoms with Gasteiger partial charge >= 0.3 is 12.1 Å². The van der Waals surface area contributed by atoms with Crippen LogP contribution in [0.1, 0.15) is 5.56 Å². The van der Waals surface area contributed by atoms with Crippen molar-refractivity contribution < 1.29 is 29.3 Å². The van der Waals surface area contributed by atoms with Crippen molar-refractivity contribution in [2.45, 2.75) is 11.8 Å². The molecule has 2 unspecified atom stereocenters. The van der Waals surface area contributed by atoms with Crippen molar-refractivity contribution in [3.05, 3.63) is 35.9 Å². The van der Waals surface area contributed by atoms with Crippen LogP contribution < -0.4 is 16.8 Å². The van der Waals surface area contributed by atoms with Crippen molar-refractivity contribution in [2.24, 2.45) is 11.5 Å². The lowest BCUT2D eigenvalue weighted by molar-refractivity contribution is -0.139. The summed E-state index contributed by atoms with van der Waals surface area (Å²) in [5.74, 6) is -2.59. The molecule has 7 N–H and O–H groups in total. The van der Waals surface area contributed by atoms with Gasteiger partial charge in [-0.1, -0.05) is 30.3 Å². The summed E-state index contributed by atoms with van der Waals surface area (Å²) in [5.41, 5.74) is 8.19. The first-order chi connectivity index (χ1) is 9.75. The molecule has 0 aliphatic carbocycles. The SMILES string of the molecule is NC(COC(=O)NC(=O)C(N)(O)c1ccccc1)C(=O)O. The van der Waals surface area contributed by atoms with Crippen molar-refractivity contribution in [3.63, 3.8) is 0 Å². The number of carboxylic acids is 1. The van der Waals surface area contributed by atoms with E-state index in [4.69, 9.17) is 16.6 Å². The van der Waals surface area contributed by atoms with E-state index >= 15 is 0 Å². The molecule has 1 aromatic rings. The molecule has 1 rings (SSSR count). The van der Waals surface area contributed by atoms with Gasteiger partial charge in [0.1, 0.15) is 12.6 Å². The van der Waals surface area contributed by atoms with Crippen LogP contribution in [0.15, 0.2) is 30.3 Å². The van der Waals surface area contributed by atoms with E-state index in [0.29, 0.717) is 0 Å². The van der Waals surface area contributed by atoms with Gasteiger partial charge in [-0.05, 0) is 0 Å². The summed E-state index contributed by atoms with van der Waals surface area (Å²) in [6.45, 7) is -0.636. The summed E-state index contributed by atoms with van der Waals surface area (Å²) >= 11 is 0. The zero-order valence-corrected chi connectivity index (χ0v) is 10.9. The summed E-state index contributed by atoms with van der Waals surface area (Å²) in [6, 6.07) is 6.11. The minimum atomic E-state index is -2.44. The lowest BCUT2D eigenvalue weighted by Gasteiger charge is -2.21. The third-order valence-electron chi connectivity index (χ3n) is 2.49. The van der Waals surface area contributed by atoms with Gasteiger partial charge in [0.25, 0.3) is 5.91 Å². The predicted octanol–water partition coefficient (Wildman–Crippen LogP) is -1.54. The van der Waals surface area contributed by atoms with Crippen molar-refractivity contribution in [3.8, 4) is 0 Å². The first-order valence-corrected chi connectivity index (χ1v) is 5.78. The Morgan fingerprint density at radius 1 is 1.29 bits per heavy atom. The first-order valence-electron chi connectivity index (χ1n) is 5.78. The molecule has 0 heterocycles. The fourth-order valence-corrected chi connectivity index (χ4v) is 1.28. The number of hydrogen-bond acceptors (Lipinski definition) is 7. The number of benzene rings is 1. The second-order valence-electron chi connectivity index (χ2n) is 4.13. The van der Waals surface area contributed by atoms with Gasteiger partial charge in [-0.25, -0.2) is 4.79 Å². The van der Waals surface area contributed by atoms with Crippen LogP contribution in [0.3, 0.4) is 0 Å². The minimum Gasteiger partial charge on any atom is -0.480 e. The van der Waals surface area contributed by atoms with Crippen LogP contribution in [0.5, 0.6) is 0 Å². The van der Waals surface area contributed by atoms with E-state index in [9.17, 15) is 19.5 Å². The number of ether oxygens (including phenoxy) is 1. The molecule has 114 valence electrons. The molecule has 1 aromatic carbocycles. The molecule has 0 saturated heterocycles. The molecule has 0 aromatic heterocycles. The molecule has 0 saturated carbocycles. The number of carbonyl (C=O) groups excluding carboxylic acids is 2. The number of alkyl carbamates (subject to hydrolysis) is 1. The Hall–Kier alpha value is -2.49. The smallest absolute Gasteiger partial charge is 0.414 e. The Morgan fingerprint density at radius 2 is 1.86 bits per heavy atom. The Balaban J connectivity index is 2.60. The van der Waals surface area contributed by atoms with Gasteiger partial charge in [0.2, 0.25) is 5.72 Å². The van der Waals surface area contributed by atoms with Gasteiger partial charge in [-0.3, -0.25) is 20.6 Å². The lowest BCUT2D eigenvalue weighted by atomic mass is 10.0. The summed E-state index contributed by atoms with van der Waals surface area (Å²) in [7, 11) is 0. The third-order valence-corrected chi connectivity index (χ3v) is 2.49. The van der Waals surface area contributed by atoms with Crippen molar-refractivity contribution >= 4 is 18.0 Å². The molecule has 2 atom stereocenters. The zero-order valence-electron chi connectivity index (χ0n) is 10.9. The average Bonchev–Trinajstić information content (AvgIpc) is 2.45. The standard InChI is InChI=1S/C12H15N3O6/c13-8(9(16)17)6-21-11(19)15-10(18)12(14,20)7-4-2-1-3-5-7/h1-5,8,20H,6,13-14H2,(H,16,17)(H,15,18,19). The Kier molecular flexibility index (Phi) is 5.36. The molecule has 0 spiro atoms. The molecule has 9 heteroatoms. The van der Waals surface area contributed by atoms with Crippen LogP contribution >= 0.6 is 0 Å². The highest BCUT2D eigenvalue weighted by molar-refractivity contribution is 5.96. The number of imide groups is 1. The molecule has 0 radical (unpaired) electrons. The molecule has 0 aliphatic heterocycles. The highest BCUT2D eigenvalue weighted by Crippen LogP contribution is 2.14. The number of carbonyl (C=O) groups is 3. The third kappa shape index (κ3) is 4.53. The number of nitrogens with two attached hydrogens (primary N) is 2. The van der Waals surface area contributed by atoms with Gasteiger partial charge in [0.05, 0.1) is 0 Å². The highest BCUT2D eigenvalue weighted by Gasteiger charge is 2.34. The molecule has 0 bridgehead atoms. The van der Waals surface area contributed by atoms with Gasteiger partial charge in [-0.15, -0.1) is 0 Å². The molecule has 21 heavy (non-hydrogen) atoms. The average molecular weight is 297 g/mol. The Labute approximate surface area is 119 Å². The zero-order chi connectivity index (χ0) is 16.0. The van der Waals surface area contributed by atoms with E-state index in [-0.39, 0.29) is 5.56 Å². The number of aliphatic hydroxyl groups is 1. The highest BCUT2D eigenvalue weighted by atomic mass is 16.6. The van der Waals surface area contributed by atoms with Crippen LogP contribution in [0.2, 0.25) is 0 Å². The number of carboxylic acid groups (broad SMARTS) is 1. The van der Waals surface area contributed by atoms with Crippen molar-refractivity contribution in [1.82, 2.24) is 5.32 Å². The topological polar surface area (TPSA) is 165 Å². The number of nitrogens with one attached hydrogen (secondary N) is 1. The number of aliphatic carboxylic acids is 1. The van der Waals surface area contributed by atoms with Gasteiger partial charge < -0.3 is 20.7 Å². The summed E-state index contributed by atoms with van der Waals surface area (Å²) in [6.07, 6.45) is -1.27. The van der Waals surface area contributed by atoms with E-state index in [1.165, 1.54) is 12.1 Å². The minimum absolute atomic E-state index is 0.0672. The van der Waals surface area contributed by atoms with E-state index in [2.05, 4.69) is 4.74 Å². The predicted molar refractivity (Wildman–Crippen MR) is 69.6 cm³/mol. The van der Waals surface area contributed by atoms with Crippen LogP contribution in [0.25, 0.3) is 0 Å². The Morgan fingerprint density at radius 3 is 2.38 bits per heavy atom. The summed E-state index contributed by atoms with van der Waals surface area (Å²) in [5, 5.41) is 20.1. The molecule has 0 aliphatic rings. The lowest BCUT2D eigenvalue weighted by Crippen LogP contribution is -2.53. The van der Waals surface area contributed by atoms with Gasteiger partial charge in [-0.2, -0.15) is 0 Å². The maximum atomic E-state index is 11.7. The van der Waals surface area contributed by atoms with Crippen molar-refractivity contribution in [1.29, 1.82) is 0 Å². The molecule has 2 amide bonds. The summed E-state index contributed by atoms with van der Waals surface area (Å²) in [4.78, 5) is 33.4. The number of rotatable bonds is 5. The van der Waals surface area contributed by atoms with Crippen LogP contribution in [0, 0.1) is 0 Å². The van der Waals surface area contributed by atoms with Gasteiger partial charge in [0.15, 0.2) is 0 Å².